The van der Waals surface area contributed by atoms with Gasteiger partial charge in [-0.3, -0.25) is 9.59 Å². The second-order valence-electron chi connectivity index (χ2n) is 6.78. The molecule has 0 aliphatic heterocycles. The first-order valence-corrected chi connectivity index (χ1v) is 9.28. The molecule has 0 heterocycles. The van der Waals surface area contributed by atoms with Crippen molar-refractivity contribution in [3.05, 3.63) is 29.8 Å². The molecule has 1 unspecified atom stereocenters. The minimum absolute atomic E-state index is 0.00941. The lowest BCUT2D eigenvalue weighted by atomic mass is 9.84. The molecular weight excluding hydrogens is 316 g/mol. The van der Waals surface area contributed by atoms with Crippen molar-refractivity contribution in [1.82, 2.24) is 10.6 Å². The predicted molar refractivity (Wildman–Crippen MR) is 98.6 cm³/mol. The summed E-state index contributed by atoms with van der Waals surface area (Å²) in [6, 6.07) is 7.88. The molecule has 1 aliphatic rings. The van der Waals surface area contributed by atoms with Crippen molar-refractivity contribution in [3.8, 4) is 5.75 Å². The molecule has 0 radical (unpaired) electrons. The number of benzene rings is 1. The van der Waals surface area contributed by atoms with Gasteiger partial charge in [-0.05, 0) is 49.3 Å². The van der Waals surface area contributed by atoms with Crippen LogP contribution in [0.3, 0.4) is 0 Å². The zero-order valence-electron chi connectivity index (χ0n) is 15.3. The average molecular weight is 346 g/mol. The third kappa shape index (κ3) is 6.07. The highest BCUT2D eigenvalue weighted by Gasteiger charge is 2.31. The zero-order chi connectivity index (χ0) is 18.1. The highest BCUT2D eigenvalue weighted by atomic mass is 16.5. The van der Waals surface area contributed by atoms with E-state index < -0.39 is 0 Å². The lowest BCUT2D eigenvalue weighted by molar-refractivity contribution is -0.124. The van der Waals surface area contributed by atoms with Gasteiger partial charge in [0.2, 0.25) is 11.8 Å². The average Bonchev–Trinajstić information content (AvgIpc) is 3.12. The van der Waals surface area contributed by atoms with Gasteiger partial charge >= 0.3 is 0 Å². The van der Waals surface area contributed by atoms with Crippen molar-refractivity contribution in [2.75, 3.05) is 20.2 Å². The molecule has 25 heavy (non-hydrogen) atoms. The van der Waals surface area contributed by atoms with Gasteiger partial charge in [-0.1, -0.05) is 25.0 Å². The SMILES string of the molecule is COc1ccc(C(C(=O)NCCCCNC(C)=O)C2CCCC2)cc1. The van der Waals surface area contributed by atoms with Crippen LogP contribution in [0.25, 0.3) is 0 Å². The molecule has 5 nitrogen and oxygen atoms in total. The van der Waals surface area contributed by atoms with Gasteiger partial charge in [0.1, 0.15) is 5.75 Å². The van der Waals surface area contributed by atoms with Gasteiger partial charge in [-0.2, -0.15) is 0 Å². The number of rotatable bonds is 9. The second kappa shape index (κ2) is 10.1. The number of carbonyl (C=O) groups excluding carboxylic acids is 2. The fourth-order valence-corrected chi connectivity index (χ4v) is 3.58. The molecule has 0 spiro atoms. The van der Waals surface area contributed by atoms with Crippen molar-refractivity contribution in [3.63, 3.8) is 0 Å². The van der Waals surface area contributed by atoms with Gasteiger partial charge in [0, 0.05) is 20.0 Å². The first-order valence-electron chi connectivity index (χ1n) is 9.28. The van der Waals surface area contributed by atoms with Crippen LogP contribution in [-0.2, 0) is 9.59 Å². The molecule has 2 rings (SSSR count). The summed E-state index contributed by atoms with van der Waals surface area (Å²) in [4.78, 5) is 23.6. The first-order chi connectivity index (χ1) is 12.1. The maximum Gasteiger partial charge on any atom is 0.227 e. The van der Waals surface area contributed by atoms with Gasteiger partial charge in [0.25, 0.3) is 0 Å². The molecule has 1 aliphatic carbocycles. The zero-order valence-corrected chi connectivity index (χ0v) is 15.3. The van der Waals surface area contributed by atoms with Crippen LogP contribution in [0.1, 0.15) is 56.9 Å². The molecular formula is C20H30N2O3. The third-order valence-electron chi connectivity index (χ3n) is 4.91. The van der Waals surface area contributed by atoms with Crippen LogP contribution in [-0.4, -0.2) is 32.0 Å². The molecule has 2 amide bonds. The quantitative estimate of drug-likeness (QED) is 0.676. The Bertz CT molecular complexity index is 551. The van der Waals surface area contributed by atoms with Gasteiger partial charge in [0.05, 0.1) is 13.0 Å². The maximum absolute atomic E-state index is 12.8. The smallest absolute Gasteiger partial charge is 0.227 e. The van der Waals surface area contributed by atoms with Crippen molar-refractivity contribution in [2.45, 2.75) is 51.4 Å². The Labute approximate surface area is 150 Å². The molecule has 1 aromatic carbocycles. The molecule has 1 saturated carbocycles. The summed E-state index contributed by atoms with van der Waals surface area (Å²) in [6.07, 6.45) is 6.39. The van der Waals surface area contributed by atoms with E-state index in [4.69, 9.17) is 4.74 Å². The van der Waals surface area contributed by atoms with Gasteiger partial charge in [-0.15, -0.1) is 0 Å². The molecule has 2 N–H and O–H groups in total. The number of ether oxygens (including phenoxy) is 1. The summed E-state index contributed by atoms with van der Waals surface area (Å²) in [5.74, 6) is 1.27. The minimum atomic E-state index is -0.0799. The number of hydrogen-bond acceptors (Lipinski definition) is 3. The Morgan fingerprint density at radius 1 is 1.08 bits per heavy atom. The van der Waals surface area contributed by atoms with Gasteiger partial charge in [-0.25, -0.2) is 0 Å². The van der Waals surface area contributed by atoms with E-state index in [-0.39, 0.29) is 17.7 Å². The highest BCUT2D eigenvalue weighted by molar-refractivity contribution is 5.84. The van der Waals surface area contributed by atoms with E-state index in [9.17, 15) is 9.59 Å². The number of hydrogen-bond donors (Lipinski definition) is 2. The summed E-state index contributed by atoms with van der Waals surface area (Å²) in [7, 11) is 1.65. The maximum atomic E-state index is 12.8. The lowest BCUT2D eigenvalue weighted by Crippen LogP contribution is -2.34. The van der Waals surface area contributed by atoms with Crippen LogP contribution in [0.4, 0.5) is 0 Å². The van der Waals surface area contributed by atoms with Crippen LogP contribution in [0.15, 0.2) is 24.3 Å². The number of amides is 2. The largest absolute Gasteiger partial charge is 0.497 e. The Morgan fingerprint density at radius 3 is 2.24 bits per heavy atom. The van der Waals surface area contributed by atoms with Crippen molar-refractivity contribution < 1.29 is 14.3 Å². The molecule has 0 bridgehead atoms. The molecule has 5 heteroatoms. The van der Waals surface area contributed by atoms with E-state index >= 15 is 0 Å². The fraction of sp³-hybridized carbons (Fsp3) is 0.600. The Morgan fingerprint density at radius 2 is 1.68 bits per heavy atom. The lowest BCUT2D eigenvalue weighted by Gasteiger charge is -2.23. The van der Waals surface area contributed by atoms with Crippen LogP contribution in [0.2, 0.25) is 0 Å². The van der Waals surface area contributed by atoms with E-state index in [0.29, 0.717) is 19.0 Å². The molecule has 1 aromatic rings. The van der Waals surface area contributed by atoms with Crippen LogP contribution < -0.4 is 15.4 Å². The monoisotopic (exact) mass is 346 g/mol. The first kappa shape index (κ1) is 19.3. The summed E-state index contributed by atoms with van der Waals surface area (Å²) in [5, 5.41) is 5.87. The summed E-state index contributed by atoms with van der Waals surface area (Å²) in [6.45, 7) is 2.83. The Balaban J connectivity index is 1.90. The Hall–Kier alpha value is -2.04. The summed E-state index contributed by atoms with van der Waals surface area (Å²) >= 11 is 0. The Kier molecular flexibility index (Phi) is 7.76. The van der Waals surface area contributed by atoms with Crippen molar-refractivity contribution in [2.24, 2.45) is 5.92 Å². The number of methoxy groups -OCH3 is 1. The van der Waals surface area contributed by atoms with Crippen molar-refractivity contribution in [1.29, 1.82) is 0 Å². The summed E-state index contributed by atoms with van der Waals surface area (Å²) < 4.78 is 5.22. The topological polar surface area (TPSA) is 67.4 Å². The van der Waals surface area contributed by atoms with Gasteiger partial charge in [0.15, 0.2) is 0 Å². The third-order valence-corrected chi connectivity index (χ3v) is 4.91. The normalized spacial score (nSPS) is 15.6. The molecule has 1 atom stereocenters. The van der Waals surface area contributed by atoms with E-state index in [0.717, 1.165) is 37.0 Å². The molecule has 0 saturated heterocycles. The number of nitrogens with one attached hydrogen (secondary N) is 2. The predicted octanol–water partition coefficient (Wildman–Crippen LogP) is 3.00. The van der Waals surface area contributed by atoms with E-state index in [2.05, 4.69) is 10.6 Å². The van der Waals surface area contributed by atoms with Gasteiger partial charge < -0.3 is 15.4 Å². The number of carbonyl (C=O) groups is 2. The number of unbranched alkanes of at least 4 members (excludes halogenated alkanes) is 1. The second-order valence-corrected chi connectivity index (χ2v) is 6.78. The van der Waals surface area contributed by atoms with Crippen LogP contribution in [0.5, 0.6) is 5.75 Å². The standard InChI is InChI=1S/C20H30N2O3/c1-15(23)21-13-5-6-14-22-20(24)19(16-7-3-4-8-16)17-9-11-18(25-2)12-10-17/h9-12,16,19H,3-8,13-14H2,1-2H3,(H,21,23)(H,22,24). The molecule has 0 aromatic heterocycles. The highest BCUT2D eigenvalue weighted by Crippen LogP contribution is 2.38. The van der Waals surface area contributed by atoms with E-state index in [1.54, 1.807) is 7.11 Å². The molecule has 1 fully saturated rings. The summed E-state index contributed by atoms with van der Waals surface area (Å²) in [5.41, 5.74) is 1.07. The van der Waals surface area contributed by atoms with Crippen LogP contribution >= 0.6 is 0 Å². The minimum Gasteiger partial charge on any atom is -0.497 e. The van der Waals surface area contributed by atoms with E-state index in [1.807, 2.05) is 24.3 Å². The molecule has 138 valence electrons. The van der Waals surface area contributed by atoms with E-state index in [1.165, 1.54) is 19.8 Å². The fourth-order valence-electron chi connectivity index (χ4n) is 3.58. The van der Waals surface area contributed by atoms with Crippen LogP contribution in [0, 0.1) is 5.92 Å². The van der Waals surface area contributed by atoms with Crippen molar-refractivity contribution >= 4 is 11.8 Å².